The SMILES string of the molecule is C=C(CCCC)N(C)Cc1ccc(-c2ccccc2SNc2onc(C)c2C)c(CCC(F)(F)F)c1.CC1(C=O)CCCC1. The summed E-state index contributed by atoms with van der Waals surface area (Å²) in [5.41, 5.74) is 6.12. The number of aromatic nitrogens is 1. The number of hydrogen-bond acceptors (Lipinski definition) is 6. The predicted molar refractivity (Wildman–Crippen MR) is 174 cm³/mol. The number of nitrogens with one attached hydrogen (secondary N) is 1. The summed E-state index contributed by atoms with van der Waals surface area (Å²) in [6.45, 7) is 12.7. The third kappa shape index (κ3) is 10.5. The number of allylic oxidation sites excluding steroid dienone is 1. The van der Waals surface area contributed by atoms with Crippen LogP contribution >= 0.6 is 11.9 Å². The van der Waals surface area contributed by atoms with E-state index in [1.807, 2.05) is 70.3 Å². The fourth-order valence-electron chi connectivity index (χ4n) is 5.14. The number of aldehydes is 1. The molecule has 240 valence electrons. The normalized spacial score (nSPS) is 14.1. The van der Waals surface area contributed by atoms with Gasteiger partial charge in [0.05, 0.1) is 5.69 Å². The van der Waals surface area contributed by atoms with Gasteiger partial charge < -0.3 is 14.2 Å². The molecule has 9 heteroatoms. The Morgan fingerprint density at radius 2 is 1.86 bits per heavy atom. The monoisotopic (exact) mass is 629 g/mol. The van der Waals surface area contributed by atoms with Crippen molar-refractivity contribution in [1.29, 1.82) is 0 Å². The zero-order chi connectivity index (χ0) is 32.3. The molecule has 0 atom stereocenters. The summed E-state index contributed by atoms with van der Waals surface area (Å²) in [5.74, 6) is 0.561. The van der Waals surface area contributed by atoms with Gasteiger partial charge in [-0.1, -0.05) is 81.2 Å². The Labute approximate surface area is 264 Å². The number of unbranched alkanes of at least 4 members (excludes halogenated alkanes) is 1. The standard InChI is InChI=1S/C28H34F3N3OS.C7H12O/c1-6-7-10-19(2)34(5)18-22-13-14-24(23(17-22)15-16-28(29,30)31)25-11-8-9-12-26(25)36-33-27-20(3)21(4)32-35-27;1-7(6-8)4-2-3-5-7/h8-9,11-14,17,33H,2,6-7,10,15-16,18H2,1,3-5H3;6H,2-5H2,1H3. The molecule has 1 aliphatic carbocycles. The molecule has 0 aliphatic heterocycles. The van der Waals surface area contributed by atoms with Gasteiger partial charge in [-0.2, -0.15) is 13.2 Å². The van der Waals surface area contributed by atoms with E-state index in [9.17, 15) is 18.0 Å². The highest BCUT2D eigenvalue weighted by Crippen LogP contribution is 2.37. The van der Waals surface area contributed by atoms with E-state index >= 15 is 0 Å². The molecule has 1 aromatic heterocycles. The second kappa shape index (κ2) is 16.2. The maximum absolute atomic E-state index is 13.2. The molecular formula is C35H46F3N3O2S. The number of halogens is 3. The number of rotatable bonds is 13. The van der Waals surface area contributed by atoms with E-state index in [0.29, 0.717) is 18.0 Å². The maximum Gasteiger partial charge on any atom is 0.389 e. The van der Waals surface area contributed by atoms with Crippen LogP contribution in [0.2, 0.25) is 0 Å². The first kappa shape index (κ1) is 35.3. The van der Waals surface area contributed by atoms with Gasteiger partial charge in [-0.05, 0) is 86.2 Å². The first-order valence-electron chi connectivity index (χ1n) is 15.3. The Bertz CT molecular complexity index is 1380. The van der Waals surface area contributed by atoms with Gasteiger partial charge in [0.2, 0.25) is 5.88 Å². The summed E-state index contributed by atoms with van der Waals surface area (Å²) in [6, 6.07) is 13.5. The average Bonchev–Trinajstić information content (AvgIpc) is 3.58. The maximum atomic E-state index is 13.2. The summed E-state index contributed by atoms with van der Waals surface area (Å²) in [7, 11) is 1.98. The lowest BCUT2D eigenvalue weighted by Gasteiger charge is -2.23. The third-order valence-corrected chi connectivity index (χ3v) is 9.11. The molecule has 0 radical (unpaired) electrons. The van der Waals surface area contributed by atoms with Crippen LogP contribution in [0.1, 0.15) is 87.6 Å². The molecule has 1 heterocycles. The first-order valence-corrected chi connectivity index (χ1v) is 16.2. The number of hydrogen-bond donors (Lipinski definition) is 1. The van der Waals surface area contributed by atoms with Crippen LogP contribution in [-0.2, 0) is 17.8 Å². The highest BCUT2D eigenvalue weighted by Gasteiger charge is 2.28. The van der Waals surface area contributed by atoms with Gasteiger partial charge in [-0.25, -0.2) is 0 Å². The van der Waals surface area contributed by atoms with Gasteiger partial charge in [-0.3, -0.25) is 4.72 Å². The number of carbonyl (C=O) groups excluding carboxylic acids is 1. The van der Waals surface area contributed by atoms with E-state index in [1.165, 1.54) is 24.8 Å². The summed E-state index contributed by atoms with van der Waals surface area (Å²) in [6.07, 6.45) is 3.70. The predicted octanol–water partition coefficient (Wildman–Crippen LogP) is 10.5. The fourth-order valence-corrected chi connectivity index (χ4v) is 5.97. The van der Waals surface area contributed by atoms with Gasteiger partial charge in [0.1, 0.15) is 6.29 Å². The quantitative estimate of drug-likeness (QED) is 0.150. The Balaban J connectivity index is 0.000000572. The lowest BCUT2D eigenvalue weighted by Crippen LogP contribution is -2.17. The van der Waals surface area contributed by atoms with Crippen molar-refractivity contribution in [2.24, 2.45) is 5.41 Å². The highest BCUT2D eigenvalue weighted by atomic mass is 32.2. The molecule has 44 heavy (non-hydrogen) atoms. The number of alkyl halides is 3. The van der Waals surface area contributed by atoms with Crippen molar-refractivity contribution in [3.8, 4) is 11.1 Å². The minimum Gasteiger partial charge on any atom is -0.374 e. The Kier molecular flexibility index (Phi) is 13.0. The molecule has 1 aliphatic rings. The smallest absolute Gasteiger partial charge is 0.374 e. The summed E-state index contributed by atoms with van der Waals surface area (Å²) in [5, 5.41) is 3.96. The molecule has 0 amide bonds. The van der Waals surface area contributed by atoms with Gasteiger partial charge in [0, 0.05) is 41.6 Å². The Morgan fingerprint density at radius 3 is 2.45 bits per heavy atom. The van der Waals surface area contributed by atoms with Crippen molar-refractivity contribution in [2.45, 2.75) is 103 Å². The summed E-state index contributed by atoms with van der Waals surface area (Å²) < 4.78 is 48.1. The van der Waals surface area contributed by atoms with Gasteiger partial charge in [0.25, 0.3) is 0 Å². The minimum absolute atomic E-state index is 0.0556. The Morgan fingerprint density at radius 1 is 1.16 bits per heavy atom. The fraction of sp³-hybridized carbons (Fsp3) is 0.486. The summed E-state index contributed by atoms with van der Waals surface area (Å²) >= 11 is 1.36. The van der Waals surface area contributed by atoms with Gasteiger partial charge >= 0.3 is 6.18 Å². The van der Waals surface area contributed by atoms with Crippen molar-refractivity contribution in [1.82, 2.24) is 10.1 Å². The molecule has 5 nitrogen and oxygen atoms in total. The molecule has 0 bridgehead atoms. The van der Waals surface area contributed by atoms with E-state index < -0.39 is 12.6 Å². The molecule has 1 N–H and O–H groups in total. The van der Waals surface area contributed by atoms with Crippen LogP contribution < -0.4 is 4.72 Å². The lowest BCUT2D eigenvalue weighted by molar-refractivity contribution is -0.134. The average molecular weight is 630 g/mol. The molecule has 0 unspecified atom stereocenters. The van der Waals surface area contributed by atoms with E-state index in [4.69, 9.17) is 4.52 Å². The van der Waals surface area contributed by atoms with Crippen LogP contribution in [0.5, 0.6) is 0 Å². The van der Waals surface area contributed by atoms with E-state index in [2.05, 4.69) is 28.3 Å². The number of anilines is 1. The zero-order valence-electron chi connectivity index (χ0n) is 26.7. The van der Waals surface area contributed by atoms with Gasteiger partial charge in [-0.15, -0.1) is 0 Å². The van der Waals surface area contributed by atoms with Crippen molar-refractivity contribution >= 4 is 24.1 Å². The second-order valence-electron chi connectivity index (χ2n) is 12.0. The number of carbonyl (C=O) groups is 1. The number of benzene rings is 2. The van der Waals surface area contributed by atoms with Crippen LogP contribution in [0.3, 0.4) is 0 Å². The van der Waals surface area contributed by atoms with Gasteiger partial charge in [0.15, 0.2) is 0 Å². The van der Waals surface area contributed by atoms with Crippen molar-refractivity contribution in [3.63, 3.8) is 0 Å². The molecule has 4 rings (SSSR count). The van der Waals surface area contributed by atoms with Crippen molar-refractivity contribution < 1.29 is 22.5 Å². The molecule has 0 saturated heterocycles. The highest BCUT2D eigenvalue weighted by molar-refractivity contribution is 8.00. The van der Waals surface area contributed by atoms with Crippen molar-refractivity contribution in [2.75, 3.05) is 11.8 Å². The minimum atomic E-state index is -4.23. The largest absolute Gasteiger partial charge is 0.389 e. The molecule has 1 fully saturated rings. The molecular weight excluding hydrogens is 583 g/mol. The Hall–Kier alpha value is -3.20. The zero-order valence-corrected chi connectivity index (χ0v) is 27.5. The van der Waals surface area contributed by atoms with Crippen molar-refractivity contribution in [3.05, 3.63) is 77.1 Å². The third-order valence-electron chi connectivity index (χ3n) is 8.24. The van der Waals surface area contributed by atoms with E-state index in [-0.39, 0.29) is 11.8 Å². The summed E-state index contributed by atoms with van der Waals surface area (Å²) in [4.78, 5) is 13.3. The number of nitrogens with zero attached hydrogens (tertiary/aromatic N) is 2. The van der Waals surface area contributed by atoms with Crippen LogP contribution in [0.4, 0.5) is 19.1 Å². The van der Waals surface area contributed by atoms with Crippen LogP contribution in [0, 0.1) is 19.3 Å². The van der Waals surface area contributed by atoms with Crippen LogP contribution in [0.15, 0.2) is 64.2 Å². The molecule has 0 spiro atoms. The van der Waals surface area contributed by atoms with Crippen LogP contribution in [0.25, 0.3) is 11.1 Å². The molecule has 1 saturated carbocycles. The topological polar surface area (TPSA) is 58.4 Å². The molecule has 2 aromatic carbocycles. The first-order chi connectivity index (χ1) is 20.9. The lowest BCUT2D eigenvalue weighted by atomic mass is 9.91. The van der Waals surface area contributed by atoms with E-state index in [0.717, 1.165) is 76.9 Å². The second-order valence-corrected chi connectivity index (χ2v) is 12.9. The van der Waals surface area contributed by atoms with Crippen LogP contribution in [-0.4, -0.2) is 29.6 Å². The molecule has 3 aromatic rings. The number of aryl methyl sites for hydroxylation is 2. The van der Waals surface area contributed by atoms with E-state index in [1.54, 1.807) is 0 Å².